The van der Waals surface area contributed by atoms with Crippen molar-refractivity contribution in [3.63, 3.8) is 0 Å². The molecule has 2 aromatic carbocycles. The third-order valence-electron chi connectivity index (χ3n) is 3.68. The van der Waals surface area contributed by atoms with Crippen LogP contribution in [-0.4, -0.2) is 4.57 Å². The molecule has 0 saturated carbocycles. The number of hydrogen-bond acceptors (Lipinski definition) is 1. The second kappa shape index (κ2) is 5.60. The minimum Gasteiger partial charge on any atom is -0.487 e. The van der Waals surface area contributed by atoms with E-state index in [0.717, 1.165) is 23.4 Å². The molecule has 0 radical (unpaired) electrons. The van der Waals surface area contributed by atoms with Gasteiger partial charge in [-0.2, -0.15) is 0 Å². The average molecular weight is 283 g/mol. The van der Waals surface area contributed by atoms with E-state index in [1.807, 2.05) is 54.8 Å². The highest BCUT2D eigenvalue weighted by Crippen LogP contribution is 2.24. The maximum absolute atomic E-state index is 14.0. The van der Waals surface area contributed by atoms with Crippen molar-refractivity contribution in [3.8, 4) is 5.75 Å². The lowest BCUT2D eigenvalue weighted by molar-refractivity contribution is 0.296. The van der Waals surface area contributed by atoms with Gasteiger partial charge in [0.1, 0.15) is 18.2 Å². The van der Waals surface area contributed by atoms with Crippen LogP contribution in [0.3, 0.4) is 0 Å². The van der Waals surface area contributed by atoms with Crippen LogP contribution in [0.4, 0.5) is 4.39 Å². The Balaban J connectivity index is 1.90. The van der Waals surface area contributed by atoms with Gasteiger partial charge in [0.15, 0.2) is 0 Å². The molecule has 0 aliphatic heterocycles. The molecule has 0 saturated heterocycles. The van der Waals surface area contributed by atoms with Gasteiger partial charge < -0.3 is 9.30 Å². The Bertz CT molecular complexity index is 759. The van der Waals surface area contributed by atoms with Crippen molar-refractivity contribution in [3.05, 3.63) is 65.6 Å². The number of rotatable bonds is 4. The van der Waals surface area contributed by atoms with Gasteiger partial charge in [-0.05, 0) is 38.1 Å². The summed E-state index contributed by atoms with van der Waals surface area (Å²) < 4.78 is 21.8. The average Bonchev–Trinajstić information content (AvgIpc) is 2.85. The van der Waals surface area contributed by atoms with Gasteiger partial charge in [0.05, 0.1) is 11.2 Å². The van der Waals surface area contributed by atoms with Gasteiger partial charge in [0.25, 0.3) is 0 Å². The molecule has 3 rings (SSSR count). The summed E-state index contributed by atoms with van der Waals surface area (Å²) in [6.07, 6.45) is 0. The molecule has 108 valence electrons. The summed E-state index contributed by atoms with van der Waals surface area (Å²) in [6, 6.07) is 15.1. The minimum atomic E-state index is -0.184. The molecule has 0 aliphatic rings. The lowest BCUT2D eigenvalue weighted by Crippen LogP contribution is -2.05. The van der Waals surface area contributed by atoms with E-state index in [9.17, 15) is 4.39 Å². The summed E-state index contributed by atoms with van der Waals surface area (Å²) in [5, 5.41) is 0.916. The quantitative estimate of drug-likeness (QED) is 0.677. The third kappa shape index (κ3) is 2.64. The normalized spacial score (nSPS) is 11.0. The van der Waals surface area contributed by atoms with Crippen molar-refractivity contribution in [2.75, 3.05) is 0 Å². The second-order valence-corrected chi connectivity index (χ2v) is 5.16. The molecular weight excluding hydrogens is 265 g/mol. The fourth-order valence-corrected chi connectivity index (χ4v) is 2.61. The van der Waals surface area contributed by atoms with Crippen LogP contribution in [-0.2, 0) is 13.2 Å². The minimum absolute atomic E-state index is 0.184. The molecule has 0 aliphatic carbocycles. The zero-order chi connectivity index (χ0) is 14.8. The highest BCUT2D eigenvalue weighted by Gasteiger charge is 2.11. The Hall–Kier alpha value is -2.29. The predicted octanol–water partition coefficient (Wildman–Crippen LogP) is 4.69. The molecular formula is C18H18FNO. The lowest BCUT2D eigenvalue weighted by atomic mass is 10.2. The molecule has 0 N–H and O–H groups in total. The zero-order valence-corrected chi connectivity index (χ0v) is 12.3. The van der Waals surface area contributed by atoms with E-state index in [-0.39, 0.29) is 5.82 Å². The zero-order valence-electron chi connectivity index (χ0n) is 12.3. The summed E-state index contributed by atoms with van der Waals surface area (Å²) in [7, 11) is 0. The van der Waals surface area contributed by atoms with Crippen LogP contribution in [0.2, 0.25) is 0 Å². The number of fused-ring (bicyclic) bond motifs is 1. The number of halogens is 1. The fourth-order valence-electron chi connectivity index (χ4n) is 2.61. The van der Waals surface area contributed by atoms with E-state index < -0.39 is 0 Å². The SMILES string of the molecule is CCn1c(COc2ccc(C)cc2)cc2cccc(F)c21. The summed E-state index contributed by atoms with van der Waals surface area (Å²) >= 11 is 0. The number of para-hydroxylation sites is 1. The van der Waals surface area contributed by atoms with Gasteiger partial charge in [-0.3, -0.25) is 0 Å². The van der Waals surface area contributed by atoms with Gasteiger partial charge in [-0.25, -0.2) is 4.39 Å². The maximum Gasteiger partial charge on any atom is 0.147 e. The number of benzene rings is 2. The number of hydrogen-bond donors (Lipinski definition) is 0. The smallest absolute Gasteiger partial charge is 0.147 e. The number of ether oxygens (including phenoxy) is 1. The van der Waals surface area contributed by atoms with E-state index in [0.29, 0.717) is 12.1 Å². The highest BCUT2D eigenvalue weighted by molar-refractivity contribution is 5.81. The van der Waals surface area contributed by atoms with Gasteiger partial charge >= 0.3 is 0 Å². The van der Waals surface area contributed by atoms with Crippen LogP contribution in [0.25, 0.3) is 10.9 Å². The van der Waals surface area contributed by atoms with E-state index >= 15 is 0 Å². The molecule has 0 fully saturated rings. The summed E-state index contributed by atoms with van der Waals surface area (Å²) in [5.41, 5.74) is 2.84. The van der Waals surface area contributed by atoms with Gasteiger partial charge in [-0.15, -0.1) is 0 Å². The largest absolute Gasteiger partial charge is 0.487 e. The molecule has 21 heavy (non-hydrogen) atoms. The lowest BCUT2D eigenvalue weighted by Gasteiger charge is -2.10. The Morgan fingerprint density at radius 3 is 2.57 bits per heavy atom. The standard InChI is InChI=1S/C18H18FNO/c1-3-20-15(11-14-5-4-6-17(19)18(14)20)12-21-16-9-7-13(2)8-10-16/h4-11H,3,12H2,1-2H3. The molecule has 0 bridgehead atoms. The Morgan fingerprint density at radius 1 is 1.10 bits per heavy atom. The third-order valence-corrected chi connectivity index (χ3v) is 3.68. The summed E-state index contributed by atoms with van der Waals surface area (Å²) in [6.45, 7) is 5.21. The first-order valence-corrected chi connectivity index (χ1v) is 7.15. The van der Waals surface area contributed by atoms with Crippen LogP contribution in [0.1, 0.15) is 18.2 Å². The second-order valence-electron chi connectivity index (χ2n) is 5.16. The number of nitrogens with zero attached hydrogens (tertiary/aromatic N) is 1. The van der Waals surface area contributed by atoms with Crippen molar-refractivity contribution < 1.29 is 9.13 Å². The van der Waals surface area contributed by atoms with Crippen molar-refractivity contribution in [1.29, 1.82) is 0 Å². The van der Waals surface area contributed by atoms with E-state index in [4.69, 9.17) is 4.74 Å². The molecule has 0 unspecified atom stereocenters. The predicted molar refractivity (Wildman–Crippen MR) is 83.1 cm³/mol. The van der Waals surface area contributed by atoms with Crippen LogP contribution >= 0.6 is 0 Å². The van der Waals surface area contributed by atoms with Crippen LogP contribution in [0.5, 0.6) is 5.75 Å². The Kier molecular flexibility index (Phi) is 3.65. The fraction of sp³-hybridized carbons (Fsp3) is 0.222. The molecule has 1 heterocycles. The van der Waals surface area contributed by atoms with E-state index in [1.165, 1.54) is 11.6 Å². The molecule has 0 amide bonds. The van der Waals surface area contributed by atoms with Gasteiger partial charge in [-0.1, -0.05) is 29.8 Å². The van der Waals surface area contributed by atoms with Crippen molar-refractivity contribution in [1.82, 2.24) is 4.57 Å². The Labute approximate surface area is 123 Å². The first-order chi connectivity index (χ1) is 10.2. The first kappa shape index (κ1) is 13.7. The van der Waals surface area contributed by atoms with Crippen molar-refractivity contribution in [2.45, 2.75) is 27.0 Å². The van der Waals surface area contributed by atoms with E-state index in [1.54, 1.807) is 6.07 Å². The maximum atomic E-state index is 14.0. The van der Waals surface area contributed by atoms with Crippen molar-refractivity contribution in [2.24, 2.45) is 0 Å². The molecule has 0 spiro atoms. The van der Waals surface area contributed by atoms with Gasteiger partial charge in [0, 0.05) is 11.9 Å². The summed E-state index contributed by atoms with van der Waals surface area (Å²) in [5.74, 6) is 0.643. The van der Waals surface area contributed by atoms with Crippen LogP contribution < -0.4 is 4.74 Å². The molecule has 3 aromatic rings. The monoisotopic (exact) mass is 283 g/mol. The van der Waals surface area contributed by atoms with Crippen LogP contribution in [0.15, 0.2) is 48.5 Å². The molecule has 1 aromatic heterocycles. The number of aryl methyl sites for hydroxylation is 2. The number of aromatic nitrogens is 1. The summed E-state index contributed by atoms with van der Waals surface area (Å²) in [4.78, 5) is 0. The first-order valence-electron chi connectivity index (χ1n) is 7.15. The van der Waals surface area contributed by atoms with Gasteiger partial charge in [0.2, 0.25) is 0 Å². The molecule has 3 heteroatoms. The molecule has 0 atom stereocenters. The van der Waals surface area contributed by atoms with Crippen molar-refractivity contribution >= 4 is 10.9 Å². The Morgan fingerprint density at radius 2 is 1.86 bits per heavy atom. The topological polar surface area (TPSA) is 14.2 Å². The highest BCUT2D eigenvalue weighted by atomic mass is 19.1. The molecule has 2 nitrogen and oxygen atoms in total. The van der Waals surface area contributed by atoms with Crippen LogP contribution in [0, 0.1) is 12.7 Å². The van der Waals surface area contributed by atoms with E-state index in [2.05, 4.69) is 0 Å².